The van der Waals surface area contributed by atoms with Crippen LogP contribution in [0.4, 0.5) is 0 Å². The summed E-state index contributed by atoms with van der Waals surface area (Å²) in [7, 11) is 3.34. The van der Waals surface area contributed by atoms with Gasteiger partial charge in [0.2, 0.25) is 0 Å². The van der Waals surface area contributed by atoms with E-state index in [0.29, 0.717) is 0 Å². The molecule has 0 amide bonds. The lowest BCUT2D eigenvalue weighted by Crippen LogP contribution is -2.43. The molecule has 1 saturated heterocycles. The van der Waals surface area contributed by atoms with Gasteiger partial charge >= 0.3 is 0 Å². The number of rotatable bonds is 4. The topological polar surface area (TPSA) is 68.2 Å². The number of ether oxygens (including phenoxy) is 3. The summed E-state index contributed by atoms with van der Waals surface area (Å²) in [5.74, 6) is -0.770. The molecule has 0 aromatic rings. The molecule has 0 spiro atoms. The normalized spacial score (nSPS) is 37.1. The molecule has 1 rings (SSSR count). The zero-order valence-corrected chi connectivity index (χ0v) is 9.64. The summed E-state index contributed by atoms with van der Waals surface area (Å²) in [6.07, 6.45) is -1.87. The summed E-state index contributed by atoms with van der Waals surface area (Å²) in [6.45, 7) is 3.32. The molecule has 1 aliphatic rings. The van der Waals surface area contributed by atoms with Gasteiger partial charge in [-0.2, -0.15) is 0 Å². The van der Waals surface area contributed by atoms with Crippen molar-refractivity contribution in [1.82, 2.24) is 0 Å². The molecule has 0 aromatic heterocycles. The average molecular weight is 218 g/mol. The van der Waals surface area contributed by atoms with Gasteiger partial charge < -0.3 is 24.4 Å². The lowest BCUT2D eigenvalue weighted by Gasteiger charge is -2.30. The molecule has 0 unspecified atom stereocenters. The van der Waals surface area contributed by atoms with E-state index in [1.165, 1.54) is 7.11 Å². The zero-order valence-electron chi connectivity index (χ0n) is 9.64. The number of hydrogen-bond donors (Lipinski definition) is 2. The van der Waals surface area contributed by atoms with Crippen molar-refractivity contribution in [3.8, 4) is 0 Å². The minimum absolute atomic E-state index is 0.210. The Hall–Kier alpha value is -0.135. The second kappa shape index (κ2) is 4.80. The highest BCUT2D eigenvalue weighted by Gasteiger charge is 2.44. The first-order valence-electron chi connectivity index (χ1n) is 5.08. The van der Waals surface area contributed by atoms with Crippen LogP contribution in [0.1, 0.15) is 13.8 Å². The highest BCUT2D eigenvalue weighted by molar-refractivity contribution is 6.11. The number of aliphatic hydroxyl groups is 2. The predicted molar refractivity (Wildman–Crippen MR) is 56.3 cm³/mol. The van der Waals surface area contributed by atoms with Crippen molar-refractivity contribution in [1.29, 1.82) is 0 Å². The summed E-state index contributed by atoms with van der Waals surface area (Å²) < 4.78 is 16.1. The molecule has 0 aliphatic carbocycles. The van der Waals surface area contributed by atoms with Crippen LogP contribution in [0.25, 0.3) is 0 Å². The summed E-state index contributed by atoms with van der Waals surface area (Å²) in [5.41, 5.74) is 0. The maximum Gasteiger partial charge on any atom is 0.162 e. The van der Waals surface area contributed by atoms with Crippen molar-refractivity contribution in [2.75, 3.05) is 13.7 Å². The number of methoxy groups -OCH3 is 1. The lowest BCUT2D eigenvalue weighted by atomic mass is 9.92. The molecule has 15 heavy (non-hydrogen) atoms. The van der Waals surface area contributed by atoms with Crippen LogP contribution >= 0.6 is 0 Å². The van der Waals surface area contributed by atoms with E-state index >= 15 is 0 Å². The molecule has 5 nitrogen and oxygen atoms in total. The summed E-state index contributed by atoms with van der Waals surface area (Å²) in [4.78, 5) is 0. The largest absolute Gasteiger partial charge is 0.394 e. The Labute approximate surface area is 90.7 Å². The summed E-state index contributed by atoms with van der Waals surface area (Å²) in [6, 6.07) is -0.258. The number of aliphatic hydroxyl groups excluding tert-OH is 2. The highest BCUT2D eigenvalue weighted by atomic mass is 16.7. The Morgan fingerprint density at radius 2 is 2.07 bits per heavy atom. The van der Waals surface area contributed by atoms with Gasteiger partial charge in [-0.05, 0) is 13.8 Å². The molecule has 88 valence electrons. The van der Waals surface area contributed by atoms with Crippen LogP contribution in [0, 0.1) is 0 Å². The van der Waals surface area contributed by atoms with Gasteiger partial charge in [0.1, 0.15) is 26.2 Å². The first kappa shape index (κ1) is 12.9. The van der Waals surface area contributed by atoms with Crippen molar-refractivity contribution >= 4 is 7.85 Å². The molecule has 1 heterocycles. The maximum atomic E-state index is 9.81. The van der Waals surface area contributed by atoms with Gasteiger partial charge in [0.05, 0.1) is 12.6 Å². The maximum absolute atomic E-state index is 9.81. The molecule has 0 bridgehead atoms. The SMILES string of the molecule is B[C@@H]1O[C@H](CO)[C@@H](O)[C@H]1OC(C)(C)OC. The number of hydrogen-bond acceptors (Lipinski definition) is 5. The predicted octanol–water partition coefficient (Wildman–Crippen LogP) is -1.53. The molecular weight excluding hydrogens is 199 g/mol. The van der Waals surface area contributed by atoms with Gasteiger partial charge in [0, 0.05) is 7.11 Å². The first-order chi connectivity index (χ1) is 6.91. The van der Waals surface area contributed by atoms with E-state index in [1.54, 1.807) is 21.7 Å². The Balaban J connectivity index is 2.62. The highest BCUT2D eigenvalue weighted by Crippen LogP contribution is 2.26. The van der Waals surface area contributed by atoms with Gasteiger partial charge in [-0.1, -0.05) is 0 Å². The third kappa shape index (κ3) is 2.92. The Morgan fingerprint density at radius 3 is 2.47 bits per heavy atom. The minimum Gasteiger partial charge on any atom is -0.394 e. The molecule has 0 aromatic carbocycles. The molecule has 6 heteroatoms. The summed E-state index contributed by atoms with van der Waals surface area (Å²) in [5, 5.41) is 18.8. The van der Waals surface area contributed by atoms with E-state index in [1.807, 2.05) is 0 Å². The molecule has 1 fully saturated rings. The van der Waals surface area contributed by atoms with Crippen molar-refractivity contribution in [2.45, 2.75) is 43.9 Å². The van der Waals surface area contributed by atoms with Crippen LogP contribution < -0.4 is 0 Å². The molecule has 2 N–H and O–H groups in total. The Bertz CT molecular complexity index is 211. The smallest absolute Gasteiger partial charge is 0.162 e. The van der Waals surface area contributed by atoms with Crippen LogP contribution in [0.5, 0.6) is 0 Å². The van der Waals surface area contributed by atoms with Crippen LogP contribution in [0.15, 0.2) is 0 Å². The fourth-order valence-electron chi connectivity index (χ4n) is 1.62. The molecule has 0 radical (unpaired) electrons. The third-order valence-electron chi connectivity index (χ3n) is 2.66. The fraction of sp³-hybridized carbons (Fsp3) is 1.00. The van der Waals surface area contributed by atoms with E-state index in [0.717, 1.165) is 0 Å². The van der Waals surface area contributed by atoms with Gasteiger partial charge in [0.25, 0.3) is 0 Å². The van der Waals surface area contributed by atoms with Crippen molar-refractivity contribution in [3.05, 3.63) is 0 Å². The van der Waals surface area contributed by atoms with Gasteiger partial charge in [0.15, 0.2) is 5.79 Å². The van der Waals surface area contributed by atoms with E-state index < -0.39 is 24.1 Å². The van der Waals surface area contributed by atoms with E-state index in [2.05, 4.69) is 0 Å². The molecule has 1 aliphatic heterocycles. The molecule has 4 atom stereocenters. The molecular formula is C9H19BO5. The second-order valence-electron chi connectivity index (χ2n) is 4.24. The van der Waals surface area contributed by atoms with Crippen molar-refractivity contribution < 1.29 is 24.4 Å². The van der Waals surface area contributed by atoms with Crippen LogP contribution in [-0.4, -0.2) is 61.9 Å². The van der Waals surface area contributed by atoms with E-state index in [4.69, 9.17) is 19.3 Å². The fourth-order valence-corrected chi connectivity index (χ4v) is 1.62. The lowest BCUT2D eigenvalue weighted by molar-refractivity contribution is -0.236. The summed E-state index contributed by atoms with van der Waals surface area (Å²) >= 11 is 0. The van der Waals surface area contributed by atoms with Gasteiger partial charge in [-0.15, -0.1) is 0 Å². The average Bonchev–Trinajstić information content (AvgIpc) is 2.45. The quantitative estimate of drug-likeness (QED) is 0.442. The first-order valence-corrected chi connectivity index (χ1v) is 5.08. The Kier molecular flexibility index (Phi) is 4.14. The van der Waals surface area contributed by atoms with Gasteiger partial charge in [-0.25, -0.2) is 0 Å². The van der Waals surface area contributed by atoms with E-state index in [9.17, 15) is 5.11 Å². The van der Waals surface area contributed by atoms with Crippen molar-refractivity contribution in [2.24, 2.45) is 0 Å². The van der Waals surface area contributed by atoms with E-state index in [-0.39, 0.29) is 12.6 Å². The standard InChI is InChI=1S/C9H19BO5/c1-9(2,13-3)15-7-6(12)5(4-11)14-8(7)10/h5-8,11-12H,4,10H2,1-3H3/t5-,6-,7-,8-/m1/s1. The van der Waals surface area contributed by atoms with Crippen molar-refractivity contribution in [3.63, 3.8) is 0 Å². The third-order valence-corrected chi connectivity index (χ3v) is 2.66. The minimum atomic E-state index is -0.820. The van der Waals surface area contributed by atoms with Crippen LogP contribution in [0.3, 0.4) is 0 Å². The van der Waals surface area contributed by atoms with Gasteiger partial charge in [-0.3, -0.25) is 0 Å². The monoisotopic (exact) mass is 218 g/mol. The molecule has 0 saturated carbocycles. The van der Waals surface area contributed by atoms with Crippen LogP contribution in [-0.2, 0) is 14.2 Å². The van der Waals surface area contributed by atoms with Crippen LogP contribution in [0.2, 0.25) is 0 Å². The zero-order chi connectivity index (χ0) is 11.6. The Morgan fingerprint density at radius 1 is 1.47 bits per heavy atom. The second-order valence-corrected chi connectivity index (χ2v) is 4.24.